The Morgan fingerprint density at radius 3 is 2.10 bits per heavy atom. The predicted octanol–water partition coefficient (Wildman–Crippen LogP) is 2.32. The third-order valence-corrected chi connectivity index (χ3v) is 1.48. The van der Waals surface area contributed by atoms with Gasteiger partial charge in [-0.2, -0.15) is 0 Å². The molecule has 0 radical (unpaired) electrons. The van der Waals surface area contributed by atoms with E-state index in [9.17, 15) is 4.79 Å². The summed E-state index contributed by atoms with van der Waals surface area (Å²) in [7, 11) is 0. The highest BCUT2D eigenvalue weighted by atomic mass is 35.5. The largest absolute Gasteiger partial charge is 0.481 e. The molecule has 3 heteroatoms. The van der Waals surface area contributed by atoms with Gasteiger partial charge in [-0.3, -0.25) is 4.79 Å². The lowest BCUT2D eigenvalue weighted by atomic mass is 10.0. The number of carboxylic acid groups (broad SMARTS) is 1. The number of carboxylic acids is 1. The summed E-state index contributed by atoms with van der Waals surface area (Å²) < 4.78 is 0. The first-order chi connectivity index (χ1) is 4.22. The lowest BCUT2D eigenvalue weighted by Crippen LogP contribution is -2.11. The second-order valence-corrected chi connectivity index (χ2v) is 2.23. The van der Waals surface area contributed by atoms with Crippen molar-refractivity contribution in [3.8, 4) is 0 Å². The Balaban J connectivity index is 0. The van der Waals surface area contributed by atoms with Crippen LogP contribution in [0.25, 0.3) is 0 Å². The van der Waals surface area contributed by atoms with Gasteiger partial charge in [-0.25, -0.2) is 0 Å². The number of halogens is 1. The third kappa shape index (κ3) is 4.62. The van der Waals surface area contributed by atoms with Crippen molar-refractivity contribution in [2.45, 2.75) is 33.1 Å². The van der Waals surface area contributed by atoms with Crippen LogP contribution in [-0.4, -0.2) is 11.1 Å². The maximum Gasteiger partial charge on any atom is 0.306 e. The van der Waals surface area contributed by atoms with Crippen LogP contribution in [0.3, 0.4) is 0 Å². The zero-order chi connectivity index (χ0) is 7.28. The summed E-state index contributed by atoms with van der Waals surface area (Å²) in [5.74, 6) is -0.769. The first-order valence-corrected chi connectivity index (χ1v) is 3.45. The summed E-state index contributed by atoms with van der Waals surface area (Å²) in [5, 5.41) is 8.50. The fourth-order valence-corrected chi connectivity index (χ4v) is 0.851. The van der Waals surface area contributed by atoms with Gasteiger partial charge in [0.15, 0.2) is 0 Å². The van der Waals surface area contributed by atoms with Crippen LogP contribution in [0.2, 0.25) is 0 Å². The number of hydrogen-bond donors (Lipinski definition) is 1. The van der Waals surface area contributed by atoms with Gasteiger partial charge < -0.3 is 5.11 Å². The molecule has 0 amide bonds. The normalized spacial score (nSPS) is 11.8. The van der Waals surface area contributed by atoms with Gasteiger partial charge in [0.2, 0.25) is 0 Å². The minimum absolute atomic E-state index is 0. The first-order valence-electron chi connectivity index (χ1n) is 3.45. The van der Waals surface area contributed by atoms with Crippen LogP contribution in [-0.2, 0) is 4.79 Å². The highest BCUT2D eigenvalue weighted by molar-refractivity contribution is 5.85. The van der Waals surface area contributed by atoms with Crippen molar-refractivity contribution in [1.82, 2.24) is 0 Å². The zero-order valence-corrected chi connectivity index (χ0v) is 7.28. The molecule has 0 aromatic heterocycles. The van der Waals surface area contributed by atoms with Gasteiger partial charge in [-0.15, -0.1) is 12.4 Å². The number of hydrogen-bond acceptors (Lipinski definition) is 1. The molecule has 2 nitrogen and oxygen atoms in total. The Labute approximate surface area is 68.0 Å². The van der Waals surface area contributed by atoms with Gasteiger partial charge in [0, 0.05) is 0 Å². The molecule has 0 aromatic rings. The Morgan fingerprint density at radius 2 is 2.00 bits per heavy atom. The Bertz CT molecular complexity index is 93.6. The molecule has 0 aromatic carbocycles. The monoisotopic (exact) mass is 166 g/mol. The van der Waals surface area contributed by atoms with Crippen LogP contribution >= 0.6 is 12.4 Å². The van der Waals surface area contributed by atoms with E-state index < -0.39 is 5.97 Å². The van der Waals surface area contributed by atoms with E-state index in [1.807, 2.05) is 13.8 Å². The van der Waals surface area contributed by atoms with E-state index in [0.717, 1.165) is 19.3 Å². The van der Waals surface area contributed by atoms with Crippen molar-refractivity contribution in [2.24, 2.45) is 5.92 Å². The van der Waals surface area contributed by atoms with E-state index >= 15 is 0 Å². The second kappa shape index (κ2) is 6.87. The topological polar surface area (TPSA) is 37.3 Å². The fourth-order valence-electron chi connectivity index (χ4n) is 0.851. The molecule has 0 aliphatic rings. The van der Waals surface area contributed by atoms with Crippen molar-refractivity contribution < 1.29 is 9.90 Å². The van der Waals surface area contributed by atoms with Crippen molar-refractivity contribution >= 4 is 18.4 Å². The van der Waals surface area contributed by atoms with Crippen molar-refractivity contribution in [3.05, 3.63) is 0 Å². The average Bonchev–Trinajstić information content (AvgIpc) is 1.82. The molecular formula is C7H15ClO2. The summed E-state index contributed by atoms with van der Waals surface area (Å²) >= 11 is 0. The van der Waals surface area contributed by atoms with Crippen LogP contribution in [0.15, 0.2) is 0 Å². The summed E-state index contributed by atoms with van der Waals surface area (Å²) in [6, 6.07) is 0. The molecule has 0 rings (SSSR count). The summed E-state index contributed by atoms with van der Waals surface area (Å²) in [6.07, 6.45) is 2.53. The Morgan fingerprint density at radius 1 is 1.50 bits per heavy atom. The summed E-state index contributed by atoms with van der Waals surface area (Å²) in [5.41, 5.74) is 0. The maximum atomic E-state index is 10.3. The van der Waals surface area contributed by atoms with E-state index in [0.29, 0.717) is 0 Å². The van der Waals surface area contributed by atoms with Gasteiger partial charge in [0.05, 0.1) is 5.92 Å². The molecule has 0 fully saturated rings. The summed E-state index contributed by atoms with van der Waals surface area (Å²) in [4.78, 5) is 10.3. The van der Waals surface area contributed by atoms with Gasteiger partial charge in [0.1, 0.15) is 0 Å². The fraction of sp³-hybridized carbons (Fsp3) is 0.857. The number of aliphatic carboxylic acids is 1. The smallest absolute Gasteiger partial charge is 0.306 e. The van der Waals surface area contributed by atoms with Crippen molar-refractivity contribution in [2.75, 3.05) is 0 Å². The number of carbonyl (C=O) groups is 1. The molecule has 1 unspecified atom stereocenters. The highest BCUT2D eigenvalue weighted by Crippen LogP contribution is 2.09. The van der Waals surface area contributed by atoms with Gasteiger partial charge >= 0.3 is 5.97 Å². The predicted molar refractivity (Wildman–Crippen MR) is 43.6 cm³/mol. The molecule has 0 saturated carbocycles. The second-order valence-electron chi connectivity index (χ2n) is 2.23. The summed E-state index contributed by atoms with van der Waals surface area (Å²) in [6.45, 7) is 3.92. The molecule has 10 heavy (non-hydrogen) atoms. The van der Waals surface area contributed by atoms with Crippen molar-refractivity contribution in [3.63, 3.8) is 0 Å². The molecule has 0 bridgehead atoms. The molecule has 1 N–H and O–H groups in total. The molecule has 0 saturated heterocycles. The average molecular weight is 167 g/mol. The van der Waals surface area contributed by atoms with Gasteiger partial charge in [-0.05, 0) is 12.8 Å². The van der Waals surface area contributed by atoms with Gasteiger partial charge in [-0.1, -0.05) is 20.3 Å². The minimum Gasteiger partial charge on any atom is -0.481 e. The quantitative estimate of drug-likeness (QED) is 0.696. The SMILES string of the molecule is CCCC(CC)C(=O)O.Cl. The molecule has 0 aliphatic heterocycles. The third-order valence-electron chi connectivity index (χ3n) is 1.48. The van der Waals surface area contributed by atoms with E-state index in [2.05, 4.69) is 0 Å². The van der Waals surface area contributed by atoms with E-state index in [4.69, 9.17) is 5.11 Å². The molecule has 62 valence electrons. The van der Waals surface area contributed by atoms with Gasteiger partial charge in [0.25, 0.3) is 0 Å². The van der Waals surface area contributed by atoms with Crippen LogP contribution in [0.4, 0.5) is 0 Å². The number of rotatable bonds is 4. The molecule has 1 atom stereocenters. The lowest BCUT2D eigenvalue weighted by Gasteiger charge is -2.05. The Hall–Kier alpha value is -0.240. The molecule has 0 aliphatic carbocycles. The molecule has 0 heterocycles. The molecular weight excluding hydrogens is 152 g/mol. The van der Waals surface area contributed by atoms with Crippen LogP contribution in [0.5, 0.6) is 0 Å². The standard InChI is InChI=1S/C7H14O2.ClH/c1-3-5-6(4-2)7(8)9;/h6H,3-5H2,1-2H3,(H,8,9);1H. The van der Waals surface area contributed by atoms with Crippen LogP contribution in [0.1, 0.15) is 33.1 Å². The lowest BCUT2D eigenvalue weighted by molar-refractivity contribution is -0.142. The first kappa shape index (κ1) is 12.4. The van der Waals surface area contributed by atoms with Crippen LogP contribution in [0, 0.1) is 5.92 Å². The highest BCUT2D eigenvalue weighted by Gasteiger charge is 2.12. The van der Waals surface area contributed by atoms with Crippen LogP contribution < -0.4 is 0 Å². The Kier molecular flexibility index (Phi) is 8.55. The zero-order valence-electron chi connectivity index (χ0n) is 6.46. The van der Waals surface area contributed by atoms with E-state index in [-0.39, 0.29) is 18.3 Å². The van der Waals surface area contributed by atoms with E-state index in [1.165, 1.54) is 0 Å². The minimum atomic E-state index is -0.653. The van der Waals surface area contributed by atoms with E-state index in [1.54, 1.807) is 0 Å². The maximum absolute atomic E-state index is 10.3. The van der Waals surface area contributed by atoms with Crippen molar-refractivity contribution in [1.29, 1.82) is 0 Å². The molecule has 0 spiro atoms.